The summed E-state index contributed by atoms with van der Waals surface area (Å²) in [6.45, 7) is 5.75. The number of aromatic nitrogens is 1. The average Bonchev–Trinajstić information content (AvgIpc) is 2.85. The lowest BCUT2D eigenvalue weighted by Crippen LogP contribution is -2.52. The van der Waals surface area contributed by atoms with Crippen molar-refractivity contribution in [1.29, 1.82) is 0 Å². The minimum atomic E-state index is -5.13. The Morgan fingerprint density at radius 1 is 1.03 bits per heavy atom. The van der Waals surface area contributed by atoms with Crippen LogP contribution in [0.15, 0.2) is 42.6 Å². The zero-order valence-electron chi connectivity index (χ0n) is 18.8. The summed E-state index contributed by atoms with van der Waals surface area (Å²) in [4.78, 5) is 45.9. The average molecular weight is 513 g/mol. The fraction of sp³-hybridized carbons (Fsp3) is 0.364. The number of hydrogen-bond acceptors (Lipinski definition) is 5. The van der Waals surface area contributed by atoms with E-state index in [4.69, 9.17) is 11.6 Å². The van der Waals surface area contributed by atoms with Crippen LogP contribution in [0.2, 0.25) is 5.02 Å². The van der Waals surface area contributed by atoms with Crippen molar-refractivity contribution in [2.24, 2.45) is 0 Å². The van der Waals surface area contributed by atoms with E-state index in [9.17, 15) is 27.6 Å². The number of nitrogens with zero attached hydrogens (tertiary/aromatic N) is 4. The molecule has 2 aromatic rings. The lowest BCUT2D eigenvalue weighted by molar-refractivity contribution is -0.174. The van der Waals surface area contributed by atoms with Crippen molar-refractivity contribution >= 4 is 35.1 Å². The number of anilines is 1. The van der Waals surface area contributed by atoms with Gasteiger partial charge in [0.25, 0.3) is 5.91 Å². The molecule has 2 heterocycles. The maximum absolute atomic E-state index is 13.4. The zero-order chi connectivity index (χ0) is 25.6. The van der Waals surface area contributed by atoms with Crippen molar-refractivity contribution in [2.75, 3.05) is 37.6 Å². The van der Waals surface area contributed by atoms with E-state index in [0.717, 1.165) is 25.8 Å². The molecular weight excluding hydrogens is 489 g/mol. The fourth-order valence-corrected chi connectivity index (χ4v) is 3.51. The van der Waals surface area contributed by atoms with Crippen LogP contribution in [0.3, 0.4) is 0 Å². The smallest absolute Gasteiger partial charge is 0.322 e. The van der Waals surface area contributed by atoms with Crippen molar-refractivity contribution in [3.05, 3.63) is 58.9 Å². The van der Waals surface area contributed by atoms with E-state index >= 15 is 0 Å². The predicted molar refractivity (Wildman–Crippen MR) is 123 cm³/mol. The van der Waals surface area contributed by atoms with E-state index in [-0.39, 0.29) is 18.1 Å². The van der Waals surface area contributed by atoms with Crippen LogP contribution in [0.5, 0.6) is 0 Å². The number of halogens is 4. The van der Waals surface area contributed by atoms with E-state index in [1.807, 2.05) is 0 Å². The van der Waals surface area contributed by atoms with Gasteiger partial charge in [-0.15, -0.1) is 0 Å². The molecule has 0 bridgehead atoms. The van der Waals surface area contributed by atoms with Crippen molar-refractivity contribution < 1.29 is 27.6 Å². The van der Waals surface area contributed by atoms with Gasteiger partial charge in [0, 0.05) is 43.1 Å². The molecule has 4 amide bonds. The second kappa shape index (κ2) is 11.4. The molecule has 1 aliphatic heterocycles. The Labute approximate surface area is 204 Å². The van der Waals surface area contributed by atoms with Crippen molar-refractivity contribution in [3.63, 3.8) is 0 Å². The lowest BCUT2D eigenvalue weighted by Gasteiger charge is -2.37. The first-order chi connectivity index (χ1) is 16.6. The van der Waals surface area contributed by atoms with Gasteiger partial charge in [0.05, 0.1) is 17.8 Å². The molecule has 1 aliphatic rings. The molecule has 9 nitrogen and oxygen atoms in total. The van der Waals surface area contributed by atoms with Gasteiger partial charge in [0.15, 0.2) is 0 Å². The molecule has 0 spiro atoms. The van der Waals surface area contributed by atoms with Gasteiger partial charge < -0.3 is 9.80 Å². The number of hydrogen-bond donors (Lipinski definition) is 2. The minimum Gasteiger partial charge on any atom is -0.322 e. The Kier molecular flexibility index (Phi) is 8.52. The number of hydrazine groups is 1. The van der Waals surface area contributed by atoms with E-state index in [2.05, 4.69) is 16.8 Å². The summed E-state index contributed by atoms with van der Waals surface area (Å²) in [5.74, 6) is -3.27. The third-order valence-corrected chi connectivity index (χ3v) is 5.67. The molecule has 13 heteroatoms. The molecule has 1 fully saturated rings. The molecule has 1 aromatic heterocycles. The highest BCUT2D eigenvalue weighted by atomic mass is 35.5. The maximum Gasteiger partial charge on any atom is 0.472 e. The number of piperazine rings is 1. The molecule has 1 aromatic carbocycles. The first-order valence-corrected chi connectivity index (χ1v) is 11.1. The highest BCUT2D eigenvalue weighted by molar-refractivity contribution is 6.30. The lowest BCUT2D eigenvalue weighted by atomic mass is 10.2. The molecule has 0 atom stereocenters. The maximum atomic E-state index is 13.4. The van der Waals surface area contributed by atoms with Gasteiger partial charge in [0.1, 0.15) is 0 Å². The molecule has 1 saturated heterocycles. The molecule has 0 saturated carbocycles. The Balaban J connectivity index is 1.71. The monoisotopic (exact) mass is 512 g/mol. The quantitative estimate of drug-likeness (QED) is 0.600. The van der Waals surface area contributed by atoms with Crippen LogP contribution in [-0.2, 0) is 11.3 Å². The molecule has 2 N–H and O–H groups in total. The summed E-state index contributed by atoms with van der Waals surface area (Å²) >= 11 is 6.00. The highest BCUT2D eigenvalue weighted by Gasteiger charge is 2.39. The molecule has 0 aliphatic carbocycles. The van der Waals surface area contributed by atoms with Gasteiger partial charge in [-0.2, -0.15) is 13.2 Å². The van der Waals surface area contributed by atoms with Crippen LogP contribution in [0.4, 0.5) is 23.7 Å². The number of carbonyl (C=O) groups is 3. The number of benzene rings is 1. The molecular formula is C22H24ClF3N6O3. The van der Waals surface area contributed by atoms with Crippen LogP contribution >= 0.6 is 11.6 Å². The standard InChI is InChI=1S/C22H24ClF3N6O3/c1-2-30-9-11-31(12-10-30)21(35)32(18-7-4-16(23)5-8-18)14-17-6-3-15(13-27-17)19(33)28-29-20(34)22(24,25)26/h3-8,13H,2,9-12,14H2,1H3,(H,28,33)(H,29,34). The minimum absolute atomic E-state index is 0.0729. The first kappa shape index (κ1) is 26.2. The van der Waals surface area contributed by atoms with Crippen molar-refractivity contribution in [2.45, 2.75) is 19.6 Å². The number of likely N-dealkylation sites (N-methyl/N-ethyl adjacent to an activating group) is 1. The Morgan fingerprint density at radius 2 is 1.69 bits per heavy atom. The van der Waals surface area contributed by atoms with E-state index in [0.29, 0.717) is 29.5 Å². The molecule has 0 radical (unpaired) electrons. The predicted octanol–water partition coefficient (Wildman–Crippen LogP) is 2.82. The molecule has 35 heavy (non-hydrogen) atoms. The van der Waals surface area contributed by atoms with Crippen LogP contribution in [-0.4, -0.2) is 71.5 Å². The molecule has 3 rings (SSSR count). The number of urea groups is 1. The summed E-state index contributed by atoms with van der Waals surface area (Å²) in [6, 6.07) is 9.38. The summed E-state index contributed by atoms with van der Waals surface area (Å²) in [7, 11) is 0. The SMILES string of the molecule is CCN1CCN(C(=O)N(Cc2ccc(C(=O)NNC(=O)C(F)(F)F)cn2)c2ccc(Cl)cc2)CC1. The van der Waals surface area contributed by atoms with Crippen LogP contribution in [0.25, 0.3) is 0 Å². The zero-order valence-corrected chi connectivity index (χ0v) is 19.6. The van der Waals surface area contributed by atoms with E-state index in [1.165, 1.54) is 17.6 Å². The second-order valence-corrected chi connectivity index (χ2v) is 8.15. The topological polar surface area (TPSA) is 97.9 Å². The van der Waals surface area contributed by atoms with Crippen LogP contribution in [0, 0.1) is 0 Å². The number of rotatable bonds is 5. The highest BCUT2D eigenvalue weighted by Crippen LogP contribution is 2.22. The number of amides is 4. The van der Waals surface area contributed by atoms with E-state index < -0.39 is 18.0 Å². The van der Waals surface area contributed by atoms with Crippen LogP contribution < -0.4 is 15.8 Å². The van der Waals surface area contributed by atoms with Crippen molar-refractivity contribution in [3.8, 4) is 0 Å². The summed E-state index contributed by atoms with van der Waals surface area (Å²) in [5.41, 5.74) is 3.94. The third kappa shape index (κ3) is 7.06. The van der Waals surface area contributed by atoms with E-state index in [1.54, 1.807) is 39.5 Å². The summed E-state index contributed by atoms with van der Waals surface area (Å²) < 4.78 is 36.8. The molecule has 0 unspecified atom stereocenters. The van der Waals surface area contributed by atoms with Gasteiger partial charge in [-0.1, -0.05) is 18.5 Å². The summed E-state index contributed by atoms with van der Waals surface area (Å²) in [5, 5.41) is 0.517. The third-order valence-electron chi connectivity index (χ3n) is 5.41. The Hall–Kier alpha value is -3.38. The fourth-order valence-electron chi connectivity index (χ4n) is 3.39. The molecule has 188 valence electrons. The largest absolute Gasteiger partial charge is 0.472 e. The first-order valence-electron chi connectivity index (χ1n) is 10.7. The second-order valence-electron chi connectivity index (χ2n) is 7.71. The normalized spacial score (nSPS) is 14.4. The van der Waals surface area contributed by atoms with Gasteiger partial charge in [-0.3, -0.25) is 30.3 Å². The van der Waals surface area contributed by atoms with Gasteiger partial charge in [-0.05, 0) is 42.9 Å². The Morgan fingerprint density at radius 3 is 2.23 bits per heavy atom. The number of carbonyl (C=O) groups excluding carboxylic acids is 3. The number of alkyl halides is 3. The Bertz CT molecular complexity index is 1040. The number of pyridine rings is 1. The van der Waals surface area contributed by atoms with Gasteiger partial charge >= 0.3 is 18.1 Å². The van der Waals surface area contributed by atoms with Crippen molar-refractivity contribution in [1.82, 2.24) is 25.6 Å². The summed E-state index contributed by atoms with van der Waals surface area (Å²) in [6.07, 6.45) is -3.98. The van der Waals surface area contributed by atoms with Gasteiger partial charge in [0.2, 0.25) is 0 Å². The number of nitrogens with one attached hydrogen (secondary N) is 2. The van der Waals surface area contributed by atoms with Gasteiger partial charge in [-0.25, -0.2) is 4.79 Å². The van der Waals surface area contributed by atoms with Crippen LogP contribution in [0.1, 0.15) is 23.0 Å².